The maximum atomic E-state index is 5.91. The minimum absolute atomic E-state index is 0.221. The number of hydrogen-bond acceptors (Lipinski definition) is 5. The molecule has 1 aliphatic rings. The van der Waals surface area contributed by atoms with Crippen molar-refractivity contribution in [3.05, 3.63) is 65.9 Å². The number of hydrogen-bond donors (Lipinski definition) is 2. The number of ether oxygens (including phenoxy) is 2. The first-order valence-electron chi connectivity index (χ1n) is 11.1. The molecule has 32 heavy (non-hydrogen) atoms. The number of nitrogens with zero attached hydrogens (tertiary/aromatic N) is 2. The third kappa shape index (κ3) is 5.60. The van der Waals surface area contributed by atoms with Crippen LogP contribution in [0.15, 0.2) is 64.0 Å². The van der Waals surface area contributed by atoms with Gasteiger partial charge in [-0.15, -0.1) is 0 Å². The van der Waals surface area contributed by atoms with Gasteiger partial charge in [-0.3, -0.25) is 9.89 Å². The van der Waals surface area contributed by atoms with E-state index in [1.807, 2.05) is 30.3 Å². The first-order chi connectivity index (χ1) is 15.8. The van der Waals surface area contributed by atoms with Crippen molar-refractivity contribution in [3.63, 3.8) is 0 Å². The summed E-state index contributed by atoms with van der Waals surface area (Å²) in [7, 11) is 3.49. The minimum atomic E-state index is 0.221. The van der Waals surface area contributed by atoms with Crippen molar-refractivity contribution in [3.8, 4) is 5.75 Å². The van der Waals surface area contributed by atoms with Crippen LogP contribution in [0, 0.1) is 0 Å². The summed E-state index contributed by atoms with van der Waals surface area (Å²) in [5.74, 6) is 2.62. The van der Waals surface area contributed by atoms with Crippen LogP contribution in [-0.4, -0.2) is 64.4 Å². The Bertz CT molecular complexity index is 976. The SMILES string of the molecule is CN=C(NCCc1cc2ccccc2o1)NCC(c1ccc(OC)cc1)N1CCOCC1. The second kappa shape index (κ2) is 11.0. The largest absolute Gasteiger partial charge is 0.497 e. The van der Waals surface area contributed by atoms with E-state index in [-0.39, 0.29) is 6.04 Å². The zero-order valence-electron chi connectivity index (χ0n) is 18.8. The van der Waals surface area contributed by atoms with Gasteiger partial charge in [0, 0.05) is 45.0 Å². The summed E-state index contributed by atoms with van der Waals surface area (Å²) < 4.78 is 16.8. The molecule has 7 nitrogen and oxygen atoms in total. The van der Waals surface area contributed by atoms with Crippen LogP contribution < -0.4 is 15.4 Å². The van der Waals surface area contributed by atoms with Gasteiger partial charge >= 0.3 is 0 Å². The summed E-state index contributed by atoms with van der Waals surface area (Å²) in [5.41, 5.74) is 2.18. The van der Waals surface area contributed by atoms with E-state index in [2.05, 4.69) is 44.8 Å². The summed E-state index contributed by atoms with van der Waals surface area (Å²) in [6.45, 7) is 4.84. The fraction of sp³-hybridized carbons (Fsp3) is 0.400. The van der Waals surface area contributed by atoms with E-state index < -0.39 is 0 Å². The Labute approximate surface area is 189 Å². The third-order valence-electron chi connectivity index (χ3n) is 5.81. The molecule has 0 bridgehead atoms. The molecule has 170 valence electrons. The normalized spacial score (nSPS) is 16.1. The number of methoxy groups -OCH3 is 1. The highest BCUT2D eigenvalue weighted by Crippen LogP contribution is 2.24. The van der Waals surface area contributed by atoms with Crippen LogP contribution in [-0.2, 0) is 11.2 Å². The quantitative estimate of drug-likeness (QED) is 0.417. The molecule has 1 atom stereocenters. The van der Waals surface area contributed by atoms with Crippen molar-refractivity contribution in [2.75, 3.05) is 53.6 Å². The molecule has 2 heterocycles. The monoisotopic (exact) mass is 436 g/mol. The Morgan fingerprint density at radius 3 is 2.59 bits per heavy atom. The van der Waals surface area contributed by atoms with Crippen LogP contribution in [0.3, 0.4) is 0 Å². The molecule has 0 radical (unpaired) electrons. The molecule has 1 aliphatic heterocycles. The van der Waals surface area contributed by atoms with Gasteiger partial charge in [0.15, 0.2) is 5.96 Å². The van der Waals surface area contributed by atoms with Crippen LogP contribution in [0.25, 0.3) is 11.0 Å². The maximum Gasteiger partial charge on any atom is 0.191 e. The average molecular weight is 437 g/mol. The molecule has 0 spiro atoms. The lowest BCUT2D eigenvalue weighted by Gasteiger charge is -2.35. The molecule has 4 rings (SSSR count). The molecule has 0 saturated carbocycles. The standard InChI is InChI=1S/C25H32N4O3/c1-26-25(27-12-11-22-17-20-5-3-4-6-24(20)32-22)28-18-23(29-13-15-31-16-14-29)19-7-9-21(30-2)10-8-19/h3-10,17,23H,11-16,18H2,1-2H3,(H2,26,27,28). The van der Waals surface area contributed by atoms with E-state index in [0.717, 1.165) is 74.3 Å². The lowest BCUT2D eigenvalue weighted by Crippen LogP contribution is -2.46. The molecule has 3 aromatic rings. The van der Waals surface area contributed by atoms with Gasteiger partial charge in [-0.05, 0) is 29.8 Å². The summed E-state index contributed by atoms with van der Waals surface area (Å²) in [6, 6.07) is 18.7. The Balaban J connectivity index is 1.34. The fourth-order valence-corrected chi connectivity index (χ4v) is 4.05. The van der Waals surface area contributed by atoms with Crippen molar-refractivity contribution in [2.45, 2.75) is 12.5 Å². The highest BCUT2D eigenvalue weighted by atomic mass is 16.5. The van der Waals surface area contributed by atoms with Gasteiger partial charge < -0.3 is 24.5 Å². The van der Waals surface area contributed by atoms with E-state index >= 15 is 0 Å². The Morgan fingerprint density at radius 1 is 1.09 bits per heavy atom. The van der Waals surface area contributed by atoms with Crippen molar-refractivity contribution < 1.29 is 13.9 Å². The van der Waals surface area contributed by atoms with Gasteiger partial charge in [-0.2, -0.15) is 0 Å². The van der Waals surface area contributed by atoms with Crippen molar-refractivity contribution in [1.82, 2.24) is 15.5 Å². The number of benzene rings is 2. The van der Waals surface area contributed by atoms with Gasteiger partial charge in [0.2, 0.25) is 0 Å². The molecule has 2 aromatic carbocycles. The highest BCUT2D eigenvalue weighted by molar-refractivity contribution is 5.80. The van der Waals surface area contributed by atoms with E-state index in [0.29, 0.717) is 0 Å². The van der Waals surface area contributed by atoms with Gasteiger partial charge in [0.25, 0.3) is 0 Å². The number of aliphatic imine (C=N–C) groups is 1. The Hall–Kier alpha value is -3.03. The smallest absolute Gasteiger partial charge is 0.191 e. The van der Waals surface area contributed by atoms with Crippen molar-refractivity contribution in [1.29, 1.82) is 0 Å². The lowest BCUT2D eigenvalue weighted by atomic mass is 10.0. The van der Waals surface area contributed by atoms with Gasteiger partial charge in [0.1, 0.15) is 17.1 Å². The average Bonchev–Trinajstić information content (AvgIpc) is 3.27. The van der Waals surface area contributed by atoms with Crippen LogP contribution in [0.1, 0.15) is 17.4 Å². The zero-order chi connectivity index (χ0) is 22.2. The van der Waals surface area contributed by atoms with Crippen LogP contribution in [0.5, 0.6) is 5.75 Å². The van der Waals surface area contributed by atoms with Crippen molar-refractivity contribution >= 4 is 16.9 Å². The highest BCUT2D eigenvalue weighted by Gasteiger charge is 2.23. The number of morpholine rings is 1. The second-order valence-electron chi connectivity index (χ2n) is 7.82. The number of para-hydroxylation sites is 1. The summed E-state index contributed by atoms with van der Waals surface area (Å²) >= 11 is 0. The van der Waals surface area contributed by atoms with E-state index in [4.69, 9.17) is 13.9 Å². The lowest BCUT2D eigenvalue weighted by molar-refractivity contribution is 0.0170. The van der Waals surface area contributed by atoms with E-state index in [1.54, 1.807) is 14.2 Å². The second-order valence-corrected chi connectivity index (χ2v) is 7.82. The molecule has 0 amide bonds. The number of guanidine groups is 1. The Morgan fingerprint density at radius 2 is 1.88 bits per heavy atom. The van der Waals surface area contributed by atoms with Gasteiger partial charge in [-0.1, -0.05) is 30.3 Å². The molecule has 2 N–H and O–H groups in total. The first kappa shape index (κ1) is 22.2. The van der Waals surface area contributed by atoms with E-state index in [9.17, 15) is 0 Å². The maximum absolute atomic E-state index is 5.91. The van der Waals surface area contributed by atoms with Crippen LogP contribution >= 0.6 is 0 Å². The molecule has 7 heteroatoms. The fourth-order valence-electron chi connectivity index (χ4n) is 4.05. The van der Waals surface area contributed by atoms with E-state index in [1.165, 1.54) is 5.56 Å². The molecule has 1 saturated heterocycles. The number of rotatable bonds is 8. The van der Waals surface area contributed by atoms with Crippen molar-refractivity contribution in [2.24, 2.45) is 4.99 Å². The summed E-state index contributed by atoms with van der Waals surface area (Å²) in [4.78, 5) is 6.86. The van der Waals surface area contributed by atoms with Crippen LogP contribution in [0.2, 0.25) is 0 Å². The summed E-state index contributed by atoms with van der Waals surface area (Å²) in [6.07, 6.45) is 0.792. The van der Waals surface area contributed by atoms with Gasteiger partial charge in [-0.25, -0.2) is 0 Å². The molecule has 1 aromatic heterocycles. The molecule has 0 aliphatic carbocycles. The van der Waals surface area contributed by atoms with Crippen LogP contribution in [0.4, 0.5) is 0 Å². The third-order valence-corrected chi connectivity index (χ3v) is 5.81. The predicted molar refractivity (Wildman–Crippen MR) is 127 cm³/mol. The molecular formula is C25H32N4O3. The zero-order valence-corrected chi connectivity index (χ0v) is 18.8. The number of fused-ring (bicyclic) bond motifs is 1. The molecule has 1 unspecified atom stereocenters. The molecule has 1 fully saturated rings. The minimum Gasteiger partial charge on any atom is -0.497 e. The van der Waals surface area contributed by atoms with Gasteiger partial charge in [0.05, 0.1) is 26.4 Å². The topological polar surface area (TPSA) is 71.3 Å². The Kier molecular flexibility index (Phi) is 7.64. The summed E-state index contributed by atoms with van der Waals surface area (Å²) in [5, 5.41) is 8.04. The number of furan rings is 1. The molecular weight excluding hydrogens is 404 g/mol. The first-order valence-corrected chi connectivity index (χ1v) is 11.1. The predicted octanol–water partition coefficient (Wildman–Crippen LogP) is 3.22. The number of nitrogens with one attached hydrogen (secondary N) is 2.